The molecule has 1 aliphatic heterocycles. The van der Waals surface area contributed by atoms with Crippen molar-refractivity contribution in [1.29, 1.82) is 0 Å². The van der Waals surface area contributed by atoms with Gasteiger partial charge in [-0.3, -0.25) is 0 Å². The summed E-state index contributed by atoms with van der Waals surface area (Å²) in [6.07, 6.45) is 2.00. The van der Waals surface area contributed by atoms with Crippen LogP contribution in [0.5, 0.6) is 5.75 Å². The van der Waals surface area contributed by atoms with Crippen LogP contribution in [0.4, 0.5) is 0 Å². The minimum Gasteiger partial charge on any atom is -0.493 e. The smallest absolute Gasteiger partial charge is 0.124 e. The first kappa shape index (κ1) is 14.9. The molecule has 1 heterocycles. The number of ether oxygens (including phenoxy) is 1. The molecule has 0 spiro atoms. The lowest BCUT2D eigenvalue weighted by Gasteiger charge is -2.27. The molecule has 0 saturated carbocycles. The standard InChI is InChI=1S/C17H17BrClNO/c18-13-3-6-17-15(11-13)16(8-10-21-17)20-9-7-12-1-4-14(19)5-2-12/h1-6,11,16,20H,7-10H2. The first-order chi connectivity index (χ1) is 10.2. The number of hydrogen-bond acceptors (Lipinski definition) is 2. The van der Waals surface area contributed by atoms with Crippen LogP contribution in [0.1, 0.15) is 23.6 Å². The Morgan fingerprint density at radius 3 is 2.81 bits per heavy atom. The lowest BCUT2D eigenvalue weighted by molar-refractivity contribution is 0.253. The zero-order valence-corrected chi connectivity index (χ0v) is 14.0. The lowest BCUT2D eigenvalue weighted by Crippen LogP contribution is -2.28. The van der Waals surface area contributed by atoms with Crippen LogP contribution >= 0.6 is 27.5 Å². The monoisotopic (exact) mass is 365 g/mol. The van der Waals surface area contributed by atoms with Crippen molar-refractivity contribution in [3.63, 3.8) is 0 Å². The Bertz CT molecular complexity index is 615. The lowest BCUT2D eigenvalue weighted by atomic mass is 10.0. The largest absolute Gasteiger partial charge is 0.493 e. The quantitative estimate of drug-likeness (QED) is 0.842. The number of nitrogens with one attached hydrogen (secondary N) is 1. The van der Waals surface area contributed by atoms with Gasteiger partial charge in [-0.25, -0.2) is 0 Å². The van der Waals surface area contributed by atoms with Crippen LogP contribution < -0.4 is 10.1 Å². The second-order valence-corrected chi connectivity index (χ2v) is 6.55. The zero-order valence-electron chi connectivity index (χ0n) is 11.6. The van der Waals surface area contributed by atoms with Gasteiger partial charge in [0, 0.05) is 27.5 Å². The van der Waals surface area contributed by atoms with E-state index < -0.39 is 0 Å². The fourth-order valence-corrected chi connectivity index (χ4v) is 3.12. The summed E-state index contributed by atoms with van der Waals surface area (Å²) >= 11 is 9.44. The molecule has 110 valence electrons. The van der Waals surface area contributed by atoms with Gasteiger partial charge in [0.05, 0.1) is 6.61 Å². The Kier molecular flexibility index (Phi) is 4.84. The third-order valence-corrected chi connectivity index (χ3v) is 4.47. The molecule has 0 radical (unpaired) electrons. The van der Waals surface area contributed by atoms with Crippen molar-refractivity contribution in [3.05, 3.63) is 63.1 Å². The van der Waals surface area contributed by atoms with E-state index in [1.54, 1.807) is 0 Å². The Balaban J connectivity index is 1.61. The van der Waals surface area contributed by atoms with Crippen LogP contribution in [0, 0.1) is 0 Å². The molecule has 1 N–H and O–H groups in total. The minimum atomic E-state index is 0.360. The molecule has 0 amide bonds. The molecule has 4 heteroatoms. The molecule has 0 aromatic heterocycles. The van der Waals surface area contributed by atoms with Gasteiger partial charge in [0.15, 0.2) is 0 Å². The van der Waals surface area contributed by atoms with E-state index in [0.717, 1.165) is 41.2 Å². The van der Waals surface area contributed by atoms with E-state index in [2.05, 4.69) is 39.4 Å². The van der Waals surface area contributed by atoms with Crippen molar-refractivity contribution in [2.75, 3.05) is 13.2 Å². The molecule has 2 nitrogen and oxygen atoms in total. The summed E-state index contributed by atoms with van der Waals surface area (Å²) < 4.78 is 6.80. The van der Waals surface area contributed by atoms with Crippen molar-refractivity contribution in [3.8, 4) is 5.75 Å². The molecule has 0 fully saturated rings. The van der Waals surface area contributed by atoms with Gasteiger partial charge in [-0.15, -0.1) is 0 Å². The highest BCUT2D eigenvalue weighted by molar-refractivity contribution is 9.10. The topological polar surface area (TPSA) is 21.3 Å². The van der Waals surface area contributed by atoms with Crippen molar-refractivity contribution < 1.29 is 4.74 Å². The minimum absolute atomic E-state index is 0.360. The first-order valence-corrected chi connectivity index (χ1v) is 8.29. The molecule has 0 aliphatic carbocycles. The summed E-state index contributed by atoms with van der Waals surface area (Å²) in [6, 6.07) is 14.6. The molecule has 1 aliphatic rings. The van der Waals surface area contributed by atoms with Gasteiger partial charge >= 0.3 is 0 Å². The molecule has 3 rings (SSSR count). The summed E-state index contributed by atoms with van der Waals surface area (Å²) in [5, 5.41) is 4.42. The highest BCUT2D eigenvalue weighted by Crippen LogP contribution is 2.33. The number of rotatable bonds is 4. The van der Waals surface area contributed by atoms with Crippen LogP contribution in [0.25, 0.3) is 0 Å². The third kappa shape index (κ3) is 3.79. The maximum absolute atomic E-state index is 5.90. The summed E-state index contributed by atoms with van der Waals surface area (Å²) in [7, 11) is 0. The molecule has 1 unspecified atom stereocenters. The fourth-order valence-electron chi connectivity index (χ4n) is 2.62. The van der Waals surface area contributed by atoms with Crippen LogP contribution in [0.2, 0.25) is 5.02 Å². The Morgan fingerprint density at radius 2 is 2.00 bits per heavy atom. The second kappa shape index (κ2) is 6.82. The molecular formula is C17H17BrClNO. The van der Waals surface area contributed by atoms with Crippen molar-refractivity contribution in [1.82, 2.24) is 5.32 Å². The molecule has 21 heavy (non-hydrogen) atoms. The van der Waals surface area contributed by atoms with Crippen LogP contribution in [0.3, 0.4) is 0 Å². The molecular weight excluding hydrogens is 350 g/mol. The molecule has 1 atom stereocenters. The predicted octanol–water partition coefficient (Wildman–Crippen LogP) is 4.76. The van der Waals surface area contributed by atoms with Crippen LogP contribution in [-0.4, -0.2) is 13.2 Å². The summed E-state index contributed by atoms with van der Waals surface area (Å²) in [5.74, 6) is 0.994. The summed E-state index contributed by atoms with van der Waals surface area (Å²) in [4.78, 5) is 0. The average molecular weight is 367 g/mol. The van der Waals surface area contributed by atoms with Crippen LogP contribution in [0.15, 0.2) is 46.9 Å². The molecule has 2 aromatic rings. The van der Waals surface area contributed by atoms with E-state index >= 15 is 0 Å². The SMILES string of the molecule is Clc1ccc(CCNC2CCOc3ccc(Br)cc32)cc1. The first-order valence-electron chi connectivity index (χ1n) is 7.12. The van der Waals surface area contributed by atoms with E-state index in [0.29, 0.717) is 6.04 Å². The van der Waals surface area contributed by atoms with E-state index in [1.165, 1.54) is 11.1 Å². The molecule has 0 saturated heterocycles. The van der Waals surface area contributed by atoms with Crippen LogP contribution in [-0.2, 0) is 6.42 Å². The Morgan fingerprint density at radius 1 is 1.19 bits per heavy atom. The normalized spacial score (nSPS) is 17.1. The predicted molar refractivity (Wildman–Crippen MR) is 90.2 cm³/mol. The summed E-state index contributed by atoms with van der Waals surface area (Å²) in [5.41, 5.74) is 2.54. The van der Waals surface area contributed by atoms with E-state index in [-0.39, 0.29) is 0 Å². The molecule has 2 aromatic carbocycles. The fraction of sp³-hybridized carbons (Fsp3) is 0.294. The second-order valence-electron chi connectivity index (χ2n) is 5.20. The van der Waals surface area contributed by atoms with Gasteiger partial charge in [-0.05, 0) is 48.9 Å². The van der Waals surface area contributed by atoms with E-state index in [1.807, 2.05) is 24.3 Å². The highest BCUT2D eigenvalue weighted by Gasteiger charge is 2.20. The van der Waals surface area contributed by atoms with Gasteiger partial charge in [-0.1, -0.05) is 39.7 Å². The third-order valence-electron chi connectivity index (χ3n) is 3.73. The number of fused-ring (bicyclic) bond motifs is 1. The van der Waals surface area contributed by atoms with Gasteiger partial charge < -0.3 is 10.1 Å². The Hall–Kier alpha value is -1.03. The van der Waals surface area contributed by atoms with Gasteiger partial charge in [0.25, 0.3) is 0 Å². The van der Waals surface area contributed by atoms with Gasteiger partial charge in [0.1, 0.15) is 5.75 Å². The number of halogens is 2. The van der Waals surface area contributed by atoms with E-state index in [4.69, 9.17) is 16.3 Å². The van der Waals surface area contributed by atoms with Crippen molar-refractivity contribution in [2.24, 2.45) is 0 Å². The molecule has 0 bridgehead atoms. The number of hydrogen-bond donors (Lipinski definition) is 1. The number of benzene rings is 2. The van der Waals surface area contributed by atoms with Gasteiger partial charge in [0.2, 0.25) is 0 Å². The van der Waals surface area contributed by atoms with Crippen molar-refractivity contribution >= 4 is 27.5 Å². The Labute approximate surface area is 138 Å². The van der Waals surface area contributed by atoms with E-state index in [9.17, 15) is 0 Å². The maximum Gasteiger partial charge on any atom is 0.124 e. The summed E-state index contributed by atoms with van der Waals surface area (Å²) in [6.45, 7) is 1.71. The van der Waals surface area contributed by atoms with Crippen molar-refractivity contribution in [2.45, 2.75) is 18.9 Å². The average Bonchev–Trinajstić information content (AvgIpc) is 2.50. The maximum atomic E-state index is 5.90. The zero-order chi connectivity index (χ0) is 14.7. The highest BCUT2D eigenvalue weighted by atomic mass is 79.9. The van der Waals surface area contributed by atoms with Gasteiger partial charge in [-0.2, -0.15) is 0 Å².